The molecule has 5 aromatic rings. The van der Waals surface area contributed by atoms with E-state index in [4.69, 9.17) is 15.0 Å². The van der Waals surface area contributed by atoms with Crippen molar-refractivity contribution >= 4 is 40.9 Å². The highest BCUT2D eigenvalue weighted by Crippen LogP contribution is 2.38. The van der Waals surface area contributed by atoms with E-state index in [0.29, 0.717) is 49.0 Å². The van der Waals surface area contributed by atoms with E-state index in [1.54, 1.807) is 29.1 Å². The van der Waals surface area contributed by atoms with Crippen LogP contribution < -0.4 is 26.2 Å². The molecule has 0 bridgehead atoms. The fourth-order valence-corrected chi connectivity index (χ4v) is 7.84. The van der Waals surface area contributed by atoms with Crippen LogP contribution in [-0.2, 0) is 11.3 Å². The fourth-order valence-electron chi connectivity index (χ4n) is 7.84. The van der Waals surface area contributed by atoms with Crippen LogP contribution in [0.5, 0.6) is 5.75 Å². The van der Waals surface area contributed by atoms with Crippen molar-refractivity contribution in [3.8, 4) is 5.75 Å². The van der Waals surface area contributed by atoms with E-state index in [2.05, 4.69) is 45.5 Å². The van der Waals surface area contributed by atoms with Gasteiger partial charge in [-0.3, -0.25) is 9.69 Å². The smallest absolute Gasteiger partial charge is 0.324 e. The number of nitrogens with zero attached hydrogens (tertiary/aromatic N) is 6. The molecule has 7 N–H and O–H groups in total. The second-order valence-electron chi connectivity index (χ2n) is 14.2. The van der Waals surface area contributed by atoms with Crippen LogP contribution in [0.25, 0.3) is 11.2 Å². The zero-order chi connectivity index (χ0) is 38.1. The first-order valence-electron chi connectivity index (χ1n) is 18.3. The highest BCUT2D eigenvalue weighted by Gasteiger charge is 2.50. The molecular formula is C39H42N10O6. The van der Waals surface area contributed by atoms with Gasteiger partial charge < -0.3 is 46.1 Å². The van der Waals surface area contributed by atoms with Crippen LogP contribution in [0.2, 0.25) is 0 Å². The van der Waals surface area contributed by atoms with Gasteiger partial charge >= 0.3 is 12.1 Å². The number of benzene rings is 3. The first kappa shape index (κ1) is 35.8. The quantitative estimate of drug-likeness (QED) is 0.0977. The number of aliphatic hydroxyl groups excluding tert-OH is 2. The topological polar surface area (TPSA) is 210 Å². The van der Waals surface area contributed by atoms with E-state index in [1.807, 2.05) is 47.4 Å². The average molecular weight is 747 g/mol. The monoisotopic (exact) mass is 746 g/mol. The lowest BCUT2D eigenvalue weighted by Gasteiger charge is -2.23. The Kier molecular flexibility index (Phi) is 9.90. The molecule has 5 atom stereocenters. The van der Waals surface area contributed by atoms with E-state index in [0.717, 1.165) is 21.6 Å². The fraction of sp³-hybridized carbons (Fsp3) is 0.333. The lowest BCUT2D eigenvalue weighted by molar-refractivity contribution is -0.128. The van der Waals surface area contributed by atoms with Gasteiger partial charge in [-0.15, -0.1) is 0 Å². The Morgan fingerprint density at radius 3 is 2.35 bits per heavy atom. The molecule has 1 aliphatic carbocycles. The SMILES string of the molecule is O=C(NCc1cccc(O)c1)NC1CCN(c2nc(NCC(c3ccccc3)c3ccccc3)c3ncn(C4CC(N5C(=O)CNC5=O)C(O)C4O)c3n2)C1. The summed E-state index contributed by atoms with van der Waals surface area (Å²) in [5, 5.41) is 44.1. The van der Waals surface area contributed by atoms with Gasteiger partial charge in [-0.05, 0) is 41.7 Å². The number of anilines is 2. The van der Waals surface area contributed by atoms with E-state index in [9.17, 15) is 29.7 Å². The molecule has 5 amide bonds. The maximum Gasteiger partial charge on any atom is 0.324 e. The number of phenolic OH excluding ortho intramolecular Hbond substituents is 1. The summed E-state index contributed by atoms with van der Waals surface area (Å²) in [6, 6.07) is 24.2. The maximum atomic E-state index is 12.8. The first-order chi connectivity index (χ1) is 26.7. The summed E-state index contributed by atoms with van der Waals surface area (Å²) < 4.78 is 1.69. The van der Waals surface area contributed by atoms with Crippen LogP contribution in [0.4, 0.5) is 21.4 Å². The number of imidazole rings is 1. The van der Waals surface area contributed by atoms with Gasteiger partial charge in [0.15, 0.2) is 17.0 Å². The Morgan fingerprint density at radius 2 is 1.65 bits per heavy atom. The molecule has 3 aliphatic rings. The van der Waals surface area contributed by atoms with Crippen molar-refractivity contribution < 1.29 is 29.7 Å². The van der Waals surface area contributed by atoms with Crippen molar-refractivity contribution in [1.82, 2.24) is 40.4 Å². The second kappa shape index (κ2) is 15.2. The van der Waals surface area contributed by atoms with E-state index >= 15 is 0 Å². The minimum absolute atomic E-state index is 0.0339. The Balaban J connectivity index is 1.08. The largest absolute Gasteiger partial charge is 0.508 e. The lowest BCUT2D eigenvalue weighted by Crippen LogP contribution is -2.46. The molecule has 5 unspecified atom stereocenters. The molecule has 3 fully saturated rings. The molecule has 16 heteroatoms. The van der Waals surface area contributed by atoms with Gasteiger partial charge in [0.2, 0.25) is 11.9 Å². The molecular weight excluding hydrogens is 704 g/mol. The molecule has 2 aromatic heterocycles. The lowest BCUT2D eigenvalue weighted by atomic mass is 9.91. The van der Waals surface area contributed by atoms with Gasteiger partial charge in [-0.25, -0.2) is 14.6 Å². The number of nitrogens with one attached hydrogen (secondary N) is 4. The van der Waals surface area contributed by atoms with Crippen LogP contribution in [0.3, 0.4) is 0 Å². The van der Waals surface area contributed by atoms with Crippen molar-refractivity contribution in [2.24, 2.45) is 0 Å². The van der Waals surface area contributed by atoms with Gasteiger partial charge in [0, 0.05) is 38.1 Å². The zero-order valence-electron chi connectivity index (χ0n) is 29.8. The van der Waals surface area contributed by atoms with Crippen LogP contribution in [0, 0.1) is 0 Å². The molecule has 55 heavy (non-hydrogen) atoms. The second-order valence-corrected chi connectivity index (χ2v) is 14.2. The summed E-state index contributed by atoms with van der Waals surface area (Å²) in [6.45, 7) is 1.53. The maximum absolute atomic E-state index is 12.8. The third-order valence-electron chi connectivity index (χ3n) is 10.6. The molecule has 4 heterocycles. The summed E-state index contributed by atoms with van der Waals surface area (Å²) in [4.78, 5) is 55.5. The van der Waals surface area contributed by atoms with E-state index in [-0.39, 0.29) is 43.3 Å². The number of imide groups is 1. The summed E-state index contributed by atoms with van der Waals surface area (Å²) in [6.07, 6.45) is -0.436. The number of aromatic hydroxyl groups is 1. The van der Waals surface area contributed by atoms with Gasteiger partial charge in [0.25, 0.3) is 0 Å². The third kappa shape index (κ3) is 7.33. The van der Waals surface area contributed by atoms with Crippen molar-refractivity contribution in [3.05, 3.63) is 108 Å². The summed E-state index contributed by atoms with van der Waals surface area (Å²) in [7, 11) is 0. The molecule has 2 saturated heterocycles. The number of carbonyl (C=O) groups is 3. The molecule has 2 aliphatic heterocycles. The van der Waals surface area contributed by atoms with Crippen LogP contribution >= 0.6 is 0 Å². The normalized spacial score (nSPS) is 22.4. The number of phenols is 1. The first-order valence-corrected chi connectivity index (χ1v) is 18.3. The minimum atomic E-state index is -1.38. The number of fused-ring (bicyclic) bond motifs is 1. The molecule has 284 valence electrons. The molecule has 0 radical (unpaired) electrons. The van der Waals surface area contributed by atoms with Crippen LogP contribution in [0.1, 0.15) is 41.5 Å². The minimum Gasteiger partial charge on any atom is -0.508 e. The number of hydrogen-bond acceptors (Lipinski definition) is 11. The van der Waals surface area contributed by atoms with Crippen LogP contribution in [-0.4, -0.2) is 108 Å². The van der Waals surface area contributed by atoms with Gasteiger partial charge in [-0.2, -0.15) is 9.97 Å². The number of rotatable bonds is 11. The Labute approximate surface area is 316 Å². The van der Waals surface area contributed by atoms with Crippen molar-refractivity contribution in [1.29, 1.82) is 0 Å². The van der Waals surface area contributed by atoms with Gasteiger partial charge in [0.05, 0.1) is 25.0 Å². The number of amides is 5. The number of aliphatic hydroxyl groups is 2. The summed E-state index contributed by atoms with van der Waals surface area (Å²) in [5.41, 5.74) is 3.84. The molecule has 1 saturated carbocycles. The average Bonchev–Trinajstić information content (AvgIpc) is 3.98. The van der Waals surface area contributed by atoms with Crippen molar-refractivity contribution in [2.75, 3.05) is 36.4 Å². The Bertz CT molecular complexity index is 2130. The number of carbonyl (C=O) groups excluding carboxylic acids is 3. The predicted molar refractivity (Wildman–Crippen MR) is 202 cm³/mol. The van der Waals surface area contributed by atoms with E-state index in [1.165, 1.54) is 0 Å². The summed E-state index contributed by atoms with van der Waals surface area (Å²) in [5.74, 6) is 0.477. The number of aromatic nitrogens is 4. The van der Waals surface area contributed by atoms with Crippen LogP contribution in [0.15, 0.2) is 91.3 Å². The molecule has 8 rings (SSSR count). The Hall–Kier alpha value is -6.26. The van der Waals surface area contributed by atoms with Gasteiger partial charge in [0.1, 0.15) is 18.0 Å². The molecule has 16 nitrogen and oxygen atoms in total. The molecule has 0 spiro atoms. The van der Waals surface area contributed by atoms with Crippen molar-refractivity contribution in [2.45, 2.75) is 55.6 Å². The highest BCUT2D eigenvalue weighted by atomic mass is 16.3. The van der Waals surface area contributed by atoms with Crippen molar-refractivity contribution in [3.63, 3.8) is 0 Å². The third-order valence-corrected chi connectivity index (χ3v) is 10.6. The number of urea groups is 2. The Morgan fingerprint density at radius 1 is 0.927 bits per heavy atom. The van der Waals surface area contributed by atoms with Gasteiger partial charge in [-0.1, -0.05) is 72.8 Å². The van der Waals surface area contributed by atoms with E-state index < -0.39 is 36.2 Å². The number of hydrogen-bond donors (Lipinski definition) is 7. The zero-order valence-corrected chi connectivity index (χ0v) is 29.8. The molecule has 3 aromatic carbocycles. The summed E-state index contributed by atoms with van der Waals surface area (Å²) >= 11 is 0. The predicted octanol–water partition coefficient (Wildman–Crippen LogP) is 2.44. The highest BCUT2D eigenvalue weighted by molar-refractivity contribution is 6.02. The standard InChI is InChI=1S/C39H42N10O6/c50-27-13-7-8-23(16-27)18-41-38(54)44-26-14-15-47(21-26)37-45-35(40-19-28(24-9-3-1-4-10-24)25-11-5-2-6-12-25)32-36(46-37)48(22-43-32)29-17-30(34(53)33(29)52)49-31(51)20-42-39(49)55/h1-13,16,22,26,28-30,33-34,50,52-53H,14-15,17-21H2,(H,42,55)(H,40,45,46)(H2,41,44,54).